The first kappa shape index (κ1) is 75.9. The van der Waals surface area contributed by atoms with Gasteiger partial charge >= 0.3 is 96.1 Å². The molecule has 12 aromatic carbocycles. The number of hydrogen-bond acceptors (Lipinski definition) is 0. The van der Waals surface area contributed by atoms with Crippen LogP contribution < -0.4 is 76.1 Å². The largest absolute Gasteiger partial charge is 0.0622 e. The Morgan fingerprint density at radius 2 is 0.244 bits per heavy atom. The molecule has 0 fully saturated rings. The Labute approximate surface area is 594 Å². The zero-order valence-corrected chi connectivity index (χ0v) is 63.9. The predicted molar refractivity (Wildman–Crippen MR) is 398 cm³/mol. The van der Waals surface area contributed by atoms with Crippen LogP contribution in [0, 0.1) is 0 Å². The van der Waals surface area contributed by atoms with Crippen LogP contribution in [-0.4, -0.2) is 17.7 Å². The van der Waals surface area contributed by atoms with Crippen LogP contribution in [0.5, 0.6) is 0 Å². The summed E-state index contributed by atoms with van der Waals surface area (Å²) in [4.78, 5) is 0. The van der Waals surface area contributed by atoms with Gasteiger partial charge in [-0.2, -0.15) is 0 Å². The molecule has 0 aliphatic rings. The average molecular weight is 1670 g/mol. The van der Waals surface area contributed by atoms with Crippen molar-refractivity contribution in [3.05, 3.63) is 364 Å². The van der Waals surface area contributed by atoms with Crippen molar-refractivity contribution in [3.8, 4) is 0 Å². The quantitative estimate of drug-likeness (QED) is 0.0593. The Morgan fingerprint density at radius 1 is 0.178 bits per heavy atom. The Bertz CT molecular complexity index is 2810. The Hall–Kier alpha value is -3.17. The summed E-state index contributed by atoms with van der Waals surface area (Å²) < 4.78 is 0. The van der Waals surface area contributed by atoms with Crippen LogP contribution in [0.4, 0.5) is 0 Å². The van der Waals surface area contributed by atoms with E-state index in [0.29, 0.717) is 0 Å². The molecular weight excluding hydrogens is 1600 g/mol. The maximum absolute atomic E-state index is 4.85. The first-order valence-electron chi connectivity index (χ1n) is 28.2. The van der Waals surface area contributed by atoms with Crippen LogP contribution >= 0.6 is 96.0 Å². The van der Waals surface area contributed by atoms with Gasteiger partial charge in [-0.1, -0.05) is 364 Å². The Balaban J connectivity index is 0.000000202. The van der Waals surface area contributed by atoms with E-state index in [0.717, 1.165) is 0 Å². The van der Waals surface area contributed by atoms with Gasteiger partial charge < -0.3 is 12.4 Å². The molecular formula is C75H66Cl6P6Ru3. The Morgan fingerprint density at radius 3 is 0.311 bits per heavy atom. The van der Waals surface area contributed by atoms with Crippen molar-refractivity contribution in [2.75, 3.05) is 17.7 Å². The molecule has 0 bridgehead atoms. The number of hydrogen-bond donors (Lipinski definition) is 0. The van der Waals surface area contributed by atoms with Crippen molar-refractivity contribution in [3.63, 3.8) is 0 Å². The summed E-state index contributed by atoms with van der Waals surface area (Å²) >= 11 is 1.13. The molecule has 0 nitrogen and oxygen atoms in total. The Kier molecular flexibility index (Phi) is 38.8. The summed E-state index contributed by atoms with van der Waals surface area (Å²) in [5.41, 5.74) is 0. The average Bonchev–Trinajstić information content (AvgIpc) is 1.48. The second kappa shape index (κ2) is 46.0. The van der Waals surface area contributed by atoms with E-state index in [2.05, 4.69) is 374 Å². The summed E-state index contributed by atoms with van der Waals surface area (Å²) in [5.74, 6) is 3.52. The van der Waals surface area contributed by atoms with Gasteiger partial charge in [0, 0.05) is 17.7 Å². The maximum Gasteiger partial charge on any atom is 0.00405 e. The molecule has 0 aliphatic carbocycles. The van der Waals surface area contributed by atoms with Gasteiger partial charge in [0.15, 0.2) is 0 Å². The van der Waals surface area contributed by atoms with Gasteiger partial charge in [0.05, 0.1) is 0 Å². The molecule has 0 aromatic heterocycles. The van der Waals surface area contributed by atoms with E-state index in [9.17, 15) is 0 Å². The van der Waals surface area contributed by atoms with E-state index in [4.69, 9.17) is 38.8 Å². The van der Waals surface area contributed by atoms with E-state index in [1.807, 2.05) is 17.3 Å². The van der Waals surface area contributed by atoms with Gasteiger partial charge in [-0.25, -0.2) is 0 Å². The van der Waals surface area contributed by atoms with Crippen LogP contribution in [0.25, 0.3) is 0 Å². The number of halogens is 6. The standard InChI is InChI=1S/3C25H22P2.6ClH.3Ru/c3*1-5-13-22(14-6-1)26(23-15-7-2-8-16-23)21-27(24-17-9-3-10-18-24)25-19-11-4-12-20-25;;;;;;;;;/h3*1-20H,21H2;6*1H;;;/q;;;;;;;;;3*+2/p-6. The first-order valence-corrected chi connectivity index (χ1v) is 48.5. The van der Waals surface area contributed by atoms with Crippen molar-refractivity contribution in [2.45, 2.75) is 0 Å². The van der Waals surface area contributed by atoms with E-state index in [-0.39, 0.29) is 42.7 Å². The van der Waals surface area contributed by atoms with Crippen LogP contribution in [-0.2, 0) is 47.6 Å². The van der Waals surface area contributed by atoms with Crippen molar-refractivity contribution in [1.82, 2.24) is 0 Å². The monoisotopic (exact) mass is 1670 g/mol. The van der Waals surface area contributed by atoms with Crippen LogP contribution in [0.1, 0.15) is 0 Å². The fourth-order valence-electron chi connectivity index (χ4n) is 9.59. The molecule has 0 saturated heterocycles. The summed E-state index contributed by atoms with van der Waals surface area (Å²) in [7, 11) is 21.5. The normalized spacial score (nSPS) is 10.5. The third-order valence-electron chi connectivity index (χ3n) is 13.7. The maximum atomic E-state index is 4.85. The van der Waals surface area contributed by atoms with Crippen LogP contribution in [0.15, 0.2) is 364 Å². The van der Waals surface area contributed by atoms with E-state index in [1.54, 1.807) is 0 Å². The summed E-state index contributed by atoms with van der Waals surface area (Å²) in [6.45, 7) is 0. The fraction of sp³-hybridized carbons (Fsp3) is 0.0400. The molecule has 0 aliphatic heterocycles. The molecule has 90 heavy (non-hydrogen) atoms. The number of benzene rings is 12. The minimum Gasteiger partial charge on any atom is -0.0622 e. The van der Waals surface area contributed by atoms with E-state index in [1.165, 1.54) is 81.4 Å². The van der Waals surface area contributed by atoms with Crippen molar-refractivity contribution in [2.24, 2.45) is 0 Å². The summed E-state index contributed by atoms with van der Waals surface area (Å²) in [6.07, 6.45) is 0. The topological polar surface area (TPSA) is 0 Å². The molecule has 0 unspecified atom stereocenters. The van der Waals surface area contributed by atoms with Gasteiger partial charge in [0.2, 0.25) is 0 Å². The molecule has 0 spiro atoms. The molecule has 0 atom stereocenters. The third-order valence-corrected chi connectivity index (χ3v) is 31.5. The molecule has 462 valence electrons. The third kappa shape index (κ3) is 25.5. The van der Waals surface area contributed by atoms with Gasteiger partial charge in [-0.05, 0) is 111 Å². The van der Waals surface area contributed by atoms with Gasteiger partial charge in [0.25, 0.3) is 0 Å². The molecule has 0 amide bonds. The summed E-state index contributed by atoms with van der Waals surface area (Å²) in [5, 5.41) is 17.5. The minimum atomic E-state index is -0.409. The van der Waals surface area contributed by atoms with E-state index < -0.39 is 47.5 Å². The molecule has 12 aromatic rings. The van der Waals surface area contributed by atoms with Crippen molar-refractivity contribution in [1.29, 1.82) is 0 Å². The first-order chi connectivity index (χ1) is 44.1. The smallest absolute Gasteiger partial charge is 0.00405 e. The SMILES string of the molecule is [Cl-].[Cl][Ru+].[Cl][Ru][Cl].[Cl][Ru][Cl].c1ccc(P(CP(c2ccccc2)c2ccccc2)c2ccccc2)cc1.c1ccc(P(CP(c2ccccc2)c2ccccc2)c2ccccc2)cc1.c1ccc(P(CP(c2ccccc2)c2ccccc2)c2ccccc2)cc1. The summed E-state index contributed by atoms with van der Waals surface area (Å²) in [6, 6.07) is 132. The predicted octanol–water partition coefficient (Wildman–Crippen LogP) is 16.1. The zero-order chi connectivity index (χ0) is 62.4. The molecule has 15 heteroatoms. The second-order valence-electron chi connectivity index (χ2n) is 19.1. The molecule has 0 heterocycles. The second-order valence-corrected chi connectivity index (χ2v) is 39.1. The van der Waals surface area contributed by atoms with Crippen LogP contribution in [0.3, 0.4) is 0 Å². The molecule has 12 rings (SSSR count). The molecule has 0 radical (unpaired) electrons. The molecule has 0 saturated carbocycles. The molecule has 0 N–H and O–H groups in total. The van der Waals surface area contributed by atoms with Gasteiger partial charge in [0.1, 0.15) is 0 Å². The van der Waals surface area contributed by atoms with Crippen molar-refractivity contribution >= 4 is 160 Å². The van der Waals surface area contributed by atoms with Gasteiger partial charge in [-0.15, -0.1) is 0 Å². The fourth-order valence-corrected chi connectivity index (χ4v) is 29.0. The van der Waals surface area contributed by atoms with Crippen LogP contribution in [0.2, 0.25) is 0 Å². The minimum absolute atomic E-state index is 0. The zero-order valence-electron chi connectivity index (χ0n) is 48.8. The van der Waals surface area contributed by atoms with E-state index >= 15 is 0 Å². The van der Waals surface area contributed by atoms with Gasteiger partial charge in [-0.3, -0.25) is 0 Å². The van der Waals surface area contributed by atoms with Crippen molar-refractivity contribution < 1.29 is 60.0 Å². The number of rotatable bonds is 18.